The van der Waals surface area contributed by atoms with E-state index < -0.39 is 5.91 Å². The molecular weight excluding hydrogens is 354 g/mol. The number of hydrogen-bond donors (Lipinski definition) is 2. The molecule has 3 rings (SSSR count). The number of anilines is 1. The molecule has 2 N–H and O–H groups in total. The molecule has 0 spiro atoms. The number of carbonyl (C=O) groups excluding carboxylic acids is 1. The lowest BCUT2D eigenvalue weighted by atomic mass is 10.0. The van der Waals surface area contributed by atoms with E-state index in [1.165, 1.54) is 6.20 Å². The lowest BCUT2D eigenvalue weighted by molar-refractivity contribution is -0.112. The van der Waals surface area contributed by atoms with Crippen molar-refractivity contribution in [1.29, 1.82) is 5.26 Å². The minimum absolute atomic E-state index is 0.0219. The van der Waals surface area contributed by atoms with Crippen LogP contribution in [0.15, 0.2) is 48.2 Å². The van der Waals surface area contributed by atoms with E-state index in [4.69, 9.17) is 9.47 Å². The van der Waals surface area contributed by atoms with Crippen molar-refractivity contribution in [2.45, 2.75) is 33.2 Å². The number of aryl methyl sites for hydroxylation is 2. The van der Waals surface area contributed by atoms with Gasteiger partial charge in [0.25, 0.3) is 5.91 Å². The summed E-state index contributed by atoms with van der Waals surface area (Å²) in [5.74, 6) is 0.999. The summed E-state index contributed by atoms with van der Waals surface area (Å²) in [5, 5.41) is 15.3. The summed E-state index contributed by atoms with van der Waals surface area (Å²) in [5.41, 5.74) is 3.89. The summed E-state index contributed by atoms with van der Waals surface area (Å²) in [7, 11) is 0. The van der Waals surface area contributed by atoms with Crippen LogP contribution in [0.25, 0.3) is 0 Å². The van der Waals surface area contributed by atoms with Gasteiger partial charge in [-0.3, -0.25) is 4.79 Å². The first-order valence-electron chi connectivity index (χ1n) is 9.30. The second-order valence-electron chi connectivity index (χ2n) is 6.35. The van der Waals surface area contributed by atoms with Crippen molar-refractivity contribution in [1.82, 2.24) is 5.32 Å². The fourth-order valence-corrected chi connectivity index (χ4v) is 3.05. The van der Waals surface area contributed by atoms with Gasteiger partial charge >= 0.3 is 0 Å². The number of nitrogens with zero attached hydrogens (tertiary/aromatic N) is 1. The number of amides is 1. The van der Waals surface area contributed by atoms with E-state index in [0.717, 1.165) is 41.0 Å². The first kappa shape index (κ1) is 19.3. The Balaban J connectivity index is 1.68. The first-order chi connectivity index (χ1) is 13.7. The summed E-state index contributed by atoms with van der Waals surface area (Å²) < 4.78 is 10.6. The number of para-hydroxylation sites is 1. The Morgan fingerprint density at radius 1 is 1.14 bits per heavy atom. The molecule has 2 aromatic carbocycles. The Bertz CT molecular complexity index is 922. The number of ether oxygens (including phenoxy) is 2. The second-order valence-corrected chi connectivity index (χ2v) is 6.35. The van der Waals surface area contributed by atoms with E-state index in [1.807, 2.05) is 56.3 Å². The molecule has 0 unspecified atom stereocenters. The van der Waals surface area contributed by atoms with Gasteiger partial charge in [-0.15, -0.1) is 0 Å². The summed E-state index contributed by atoms with van der Waals surface area (Å²) >= 11 is 0. The molecule has 144 valence electrons. The van der Waals surface area contributed by atoms with E-state index in [1.54, 1.807) is 0 Å². The Hall–Kier alpha value is -3.46. The number of nitrogens with one attached hydrogen (secondary N) is 2. The van der Waals surface area contributed by atoms with Crippen LogP contribution in [0.1, 0.15) is 30.5 Å². The molecule has 0 aromatic heterocycles. The highest BCUT2D eigenvalue weighted by Gasteiger charge is 2.15. The third-order valence-corrected chi connectivity index (χ3v) is 4.59. The third-order valence-electron chi connectivity index (χ3n) is 4.59. The molecule has 0 saturated heterocycles. The molecule has 28 heavy (non-hydrogen) atoms. The average Bonchev–Trinajstić information content (AvgIpc) is 3.19. The second kappa shape index (κ2) is 8.96. The standard InChI is InChI=1S/C22H23N3O3/c1-3-16-6-5-7-17(4-2)21(16)25-22(26)18(11-23)13-24-12-15-8-9-19-20(10-15)28-14-27-19/h5-10,13,24H,3-4,12,14H2,1-2H3,(H,25,26)/b18-13-. The number of carbonyl (C=O) groups is 1. The maximum atomic E-state index is 12.6. The van der Waals surface area contributed by atoms with E-state index >= 15 is 0 Å². The molecule has 6 nitrogen and oxygen atoms in total. The zero-order chi connectivity index (χ0) is 19.9. The lowest BCUT2D eigenvalue weighted by Gasteiger charge is -2.14. The van der Waals surface area contributed by atoms with Gasteiger partial charge in [0.05, 0.1) is 0 Å². The molecule has 2 aromatic rings. The zero-order valence-corrected chi connectivity index (χ0v) is 16.0. The van der Waals surface area contributed by atoms with Crippen molar-refractivity contribution in [3.8, 4) is 17.6 Å². The van der Waals surface area contributed by atoms with Gasteiger partial charge < -0.3 is 20.1 Å². The predicted molar refractivity (Wildman–Crippen MR) is 107 cm³/mol. The molecule has 1 aliphatic rings. The molecule has 1 aliphatic heterocycles. The van der Waals surface area contributed by atoms with Crippen LogP contribution in [0.4, 0.5) is 5.69 Å². The highest BCUT2D eigenvalue weighted by molar-refractivity contribution is 6.07. The van der Waals surface area contributed by atoms with E-state index in [9.17, 15) is 10.1 Å². The van der Waals surface area contributed by atoms with Crippen LogP contribution in [0.3, 0.4) is 0 Å². The Morgan fingerprint density at radius 3 is 2.54 bits per heavy atom. The maximum Gasteiger partial charge on any atom is 0.267 e. The van der Waals surface area contributed by atoms with E-state index in [2.05, 4.69) is 10.6 Å². The van der Waals surface area contributed by atoms with E-state index in [-0.39, 0.29) is 12.4 Å². The fourth-order valence-electron chi connectivity index (χ4n) is 3.05. The van der Waals surface area contributed by atoms with Crippen molar-refractivity contribution < 1.29 is 14.3 Å². The fraction of sp³-hybridized carbons (Fsp3) is 0.273. The van der Waals surface area contributed by atoms with Crippen molar-refractivity contribution in [3.63, 3.8) is 0 Å². The molecule has 0 bridgehead atoms. The molecule has 1 heterocycles. The molecule has 0 atom stereocenters. The number of fused-ring (bicyclic) bond motifs is 1. The summed E-state index contributed by atoms with van der Waals surface area (Å²) in [6.45, 7) is 4.77. The Morgan fingerprint density at radius 2 is 1.86 bits per heavy atom. The Kier molecular flexibility index (Phi) is 6.18. The highest BCUT2D eigenvalue weighted by atomic mass is 16.7. The summed E-state index contributed by atoms with van der Waals surface area (Å²) in [4.78, 5) is 12.6. The quantitative estimate of drug-likeness (QED) is 0.568. The molecular formula is C22H23N3O3. The smallest absolute Gasteiger partial charge is 0.267 e. The van der Waals surface area contributed by atoms with Crippen LogP contribution in [0, 0.1) is 11.3 Å². The largest absolute Gasteiger partial charge is 0.454 e. The highest BCUT2D eigenvalue weighted by Crippen LogP contribution is 2.32. The minimum Gasteiger partial charge on any atom is -0.454 e. The topological polar surface area (TPSA) is 83.4 Å². The predicted octanol–water partition coefficient (Wildman–Crippen LogP) is 3.68. The number of benzene rings is 2. The van der Waals surface area contributed by atoms with Gasteiger partial charge in [-0.05, 0) is 41.7 Å². The molecule has 0 fully saturated rings. The number of nitriles is 1. The van der Waals surface area contributed by atoms with Gasteiger partial charge in [0.15, 0.2) is 11.5 Å². The van der Waals surface area contributed by atoms with Gasteiger partial charge in [-0.1, -0.05) is 38.1 Å². The summed E-state index contributed by atoms with van der Waals surface area (Å²) in [6, 6.07) is 13.6. The molecule has 6 heteroatoms. The minimum atomic E-state index is -0.420. The van der Waals surface area contributed by atoms with Crippen LogP contribution in [-0.2, 0) is 24.2 Å². The first-order valence-corrected chi connectivity index (χ1v) is 9.30. The maximum absolute atomic E-state index is 12.6. The van der Waals surface area contributed by atoms with Crippen molar-refractivity contribution in [3.05, 3.63) is 64.9 Å². The lowest BCUT2D eigenvalue weighted by Crippen LogP contribution is -2.18. The third kappa shape index (κ3) is 4.26. The van der Waals surface area contributed by atoms with Crippen LogP contribution < -0.4 is 20.1 Å². The monoisotopic (exact) mass is 377 g/mol. The van der Waals surface area contributed by atoms with Gasteiger partial charge in [-0.2, -0.15) is 5.26 Å². The average molecular weight is 377 g/mol. The number of rotatable bonds is 7. The van der Waals surface area contributed by atoms with Crippen molar-refractivity contribution in [2.24, 2.45) is 0 Å². The van der Waals surface area contributed by atoms with Crippen LogP contribution in [0.2, 0.25) is 0 Å². The van der Waals surface area contributed by atoms with Gasteiger partial charge in [0.1, 0.15) is 11.6 Å². The zero-order valence-electron chi connectivity index (χ0n) is 16.0. The summed E-state index contributed by atoms with van der Waals surface area (Å²) in [6.07, 6.45) is 3.05. The number of hydrogen-bond acceptors (Lipinski definition) is 5. The molecule has 0 saturated carbocycles. The molecule has 1 amide bonds. The van der Waals surface area contributed by atoms with Gasteiger partial charge in [-0.25, -0.2) is 0 Å². The molecule has 0 radical (unpaired) electrons. The normalized spacial score (nSPS) is 12.4. The van der Waals surface area contributed by atoms with Crippen LogP contribution in [0.5, 0.6) is 11.5 Å². The van der Waals surface area contributed by atoms with Crippen molar-refractivity contribution >= 4 is 11.6 Å². The molecule has 0 aliphatic carbocycles. The van der Waals surface area contributed by atoms with E-state index in [0.29, 0.717) is 12.3 Å². The SMILES string of the molecule is CCc1cccc(CC)c1NC(=O)/C(C#N)=C\NCc1ccc2c(c1)OCO2. The van der Waals surface area contributed by atoms with Gasteiger partial charge in [0, 0.05) is 18.4 Å². The van der Waals surface area contributed by atoms with Gasteiger partial charge in [0.2, 0.25) is 6.79 Å². The van der Waals surface area contributed by atoms with Crippen molar-refractivity contribution in [2.75, 3.05) is 12.1 Å². The Labute approximate surface area is 164 Å². The van der Waals surface area contributed by atoms with Crippen LogP contribution >= 0.6 is 0 Å². The van der Waals surface area contributed by atoms with Crippen LogP contribution in [-0.4, -0.2) is 12.7 Å².